The van der Waals surface area contributed by atoms with Crippen LogP contribution in [0, 0.1) is 5.92 Å². The monoisotopic (exact) mass is 192 g/mol. The van der Waals surface area contributed by atoms with E-state index in [0.717, 1.165) is 12.2 Å². The van der Waals surface area contributed by atoms with Gasteiger partial charge < -0.3 is 9.47 Å². The maximum Gasteiger partial charge on any atom is 0.293 e. The van der Waals surface area contributed by atoms with E-state index in [1.54, 1.807) is 0 Å². The van der Waals surface area contributed by atoms with Gasteiger partial charge in [-0.2, -0.15) is 0 Å². The van der Waals surface area contributed by atoms with Gasteiger partial charge in [0.05, 0.1) is 13.2 Å². The molecule has 0 fully saturated rings. The number of fused-ring (bicyclic) bond motifs is 1. The first-order valence-corrected chi connectivity index (χ1v) is 4.66. The van der Waals surface area contributed by atoms with Crippen LogP contribution in [0.1, 0.15) is 5.56 Å². The van der Waals surface area contributed by atoms with Crippen LogP contribution in [0.25, 0.3) is 0 Å². The predicted octanol–water partition coefficient (Wildman–Crippen LogP) is 1.41. The summed E-state index contributed by atoms with van der Waals surface area (Å²) in [5, 5.41) is 0. The largest absolute Gasteiger partial charge is 0.493 e. The molecule has 0 aromatic heterocycles. The van der Waals surface area contributed by atoms with Gasteiger partial charge >= 0.3 is 0 Å². The highest BCUT2D eigenvalue weighted by Crippen LogP contribution is 2.26. The second-order valence-corrected chi connectivity index (χ2v) is 3.42. The van der Waals surface area contributed by atoms with Gasteiger partial charge in [0.2, 0.25) is 0 Å². The molecular formula is C11H12O3. The van der Waals surface area contributed by atoms with E-state index < -0.39 is 0 Å². The summed E-state index contributed by atoms with van der Waals surface area (Å²) in [5.74, 6) is 1.24. The number of hydrogen-bond donors (Lipinski definition) is 0. The molecular weight excluding hydrogens is 180 g/mol. The average Bonchev–Trinajstić information content (AvgIpc) is 2.26. The Morgan fingerprint density at radius 2 is 2.36 bits per heavy atom. The van der Waals surface area contributed by atoms with Crippen LogP contribution < -0.4 is 4.74 Å². The van der Waals surface area contributed by atoms with Crippen LogP contribution in [-0.4, -0.2) is 19.7 Å². The van der Waals surface area contributed by atoms with E-state index in [9.17, 15) is 4.79 Å². The van der Waals surface area contributed by atoms with Gasteiger partial charge in [-0.3, -0.25) is 4.79 Å². The lowest BCUT2D eigenvalue weighted by atomic mass is 9.98. The number of carbonyl (C=O) groups is 1. The maximum absolute atomic E-state index is 10.0. The number of ether oxygens (including phenoxy) is 2. The molecule has 1 unspecified atom stereocenters. The van der Waals surface area contributed by atoms with Crippen LogP contribution in [0.3, 0.4) is 0 Å². The fraction of sp³-hybridized carbons (Fsp3) is 0.364. The van der Waals surface area contributed by atoms with Crippen molar-refractivity contribution in [2.75, 3.05) is 13.2 Å². The second-order valence-electron chi connectivity index (χ2n) is 3.42. The van der Waals surface area contributed by atoms with Crippen LogP contribution in [0.5, 0.6) is 5.75 Å². The molecule has 1 atom stereocenters. The summed E-state index contributed by atoms with van der Waals surface area (Å²) in [6, 6.07) is 7.96. The lowest BCUT2D eigenvalue weighted by molar-refractivity contribution is -0.130. The van der Waals surface area contributed by atoms with Crippen molar-refractivity contribution in [1.82, 2.24) is 0 Å². The number of benzene rings is 1. The van der Waals surface area contributed by atoms with E-state index in [4.69, 9.17) is 9.47 Å². The Morgan fingerprint density at radius 1 is 1.50 bits per heavy atom. The van der Waals surface area contributed by atoms with E-state index in [2.05, 4.69) is 0 Å². The molecule has 0 spiro atoms. The zero-order valence-electron chi connectivity index (χ0n) is 7.81. The SMILES string of the molecule is O=COCC1COc2ccccc2C1. The Bertz CT molecular complexity index is 322. The summed E-state index contributed by atoms with van der Waals surface area (Å²) in [6.45, 7) is 1.56. The van der Waals surface area contributed by atoms with Crippen molar-refractivity contribution < 1.29 is 14.3 Å². The van der Waals surface area contributed by atoms with Gasteiger partial charge in [0, 0.05) is 5.92 Å². The van der Waals surface area contributed by atoms with E-state index >= 15 is 0 Å². The molecule has 0 bridgehead atoms. The molecule has 0 saturated carbocycles. The fourth-order valence-corrected chi connectivity index (χ4v) is 1.67. The molecule has 3 heteroatoms. The Kier molecular flexibility index (Phi) is 2.68. The highest BCUT2D eigenvalue weighted by Gasteiger charge is 2.19. The number of rotatable bonds is 3. The molecule has 0 aliphatic carbocycles. The van der Waals surface area contributed by atoms with Crippen LogP contribution in [0.2, 0.25) is 0 Å². The molecule has 1 aromatic carbocycles. The summed E-state index contributed by atoms with van der Waals surface area (Å²) in [4.78, 5) is 10.0. The first kappa shape index (κ1) is 9.06. The molecule has 1 aliphatic heterocycles. The summed E-state index contributed by atoms with van der Waals surface area (Å²) < 4.78 is 10.3. The third kappa shape index (κ3) is 1.87. The Hall–Kier alpha value is -1.51. The van der Waals surface area contributed by atoms with Crippen LogP contribution in [-0.2, 0) is 16.0 Å². The number of carbonyl (C=O) groups excluding carboxylic acids is 1. The van der Waals surface area contributed by atoms with Gasteiger partial charge in [-0.1, -0.05) is 18.2 Å². The average molecular weight is 192 g/mol. The van der Waals surface area contributed by atoms with Crippen molar-refractivity contribution in [3.8, 4) is 5.75 Å². The minimum absolute atomic E-state index is 0.287. The number of para-hydroxylation sites is 1. The Labute approximate surface area is 82.6 Å². The van der Waals surface area contributed by atoms with Gasteiger partial charge in [-0.15, -0.1) is 0 Å². The molecule has 1 aliphatic rings. The lowest BCUT2D eigenvalue weighted by Crippen LogP contribution is -2.24. The minimum atomic E-state index is 0.287. The Morgan fingerprint density at radius 3 is 3.21 bits per heavy atom. The van der Waals surface area contributed by atoms with E-state index in [1.807, 2.05) is 24.3 Å². The maximum atomic E-state index is 10.0. The van der Waals surface area contributed by atoms with E-state index in [-0.39, 0.29) is 5.92 Å². The summed E-state index contributed by atoms with van der Waals surface area (Å²) >= 11 is 0. The first-order chi connectivity index (χ1) is 6.90. The summed E-state index contributed by atoms with van der Waals surface area (Å²) in [5.41, 5.74) is 1.19. The highest BCUT2D eigenvalue weighted by atomic mass is 16.5. The molecule has 0 N–H and O–H groups in total. The van der Waals surface area contributed by atoms with Crippen LogP contribution in [0.15, 0.2) is 24.3 Å². The zero-order chi connectivity index (χ0) is 9.80. The summed E-state index contributed by atoms with van der Waals surface area (Å²) in [7, 11) is 0. The fourth-order valence-electron chi connectivity index (χ4n) is 1.67. The van der Waals surface area contributed by atoms with Crippen molar-refractivity contribution >= 4 is 6.47 Å². The standard InChI is InChI=1S/C11H12O3/c12-8-13-6-9-5-10-3-1-2-4-11(10)14-7-9/h1-4,8-9H,5-7H2. The van der Waals surface area contributed by atoms with Gasteiger partial charge in [0.1, 0.15) is 5.75 Å². The first-order valence-electron chi connectivity index (χ1n) is 4.66. The molecule has 1 aromatic rings. The lowest BCUT2D eigenvalue weighted by Gasteiger charge is -2.24. The van der Waals surface area contributed by atoms with Crippen molar-refractivity contribution in [2.45, 2.75) is 6.42 Å². The van der Waals surface area contributed by atoms with E-state index in [1.165, 1.54) is 5.56 Å². The van der Waals surface area contributed by atoms with Gasteiger partial charge in [0.15, 0.2) is 0 Å². The van der Waals surface area contributed by atoms with Crippen molar-refractivity contribution in [1.29, 1.82) is 0 Å². The van der Waals surface area contributed by atoms with Crippen LogP contribution in [0.4, 0.5) is 0 Å². The molecule has 0 radical (unpaired) electrons. The summed E-state index contributed by atoms with van der Waals surface area (Å²) in [6.07, 6.45) is 0.921. The molecule has 2 rings (SSSR count). The van der Waals surface area contributed by atoms with Crippen molar-refractivity contribution in [3.05, 3.63) is 29.8 Å². The third-order valence-electron chi connectivity index (χ3n) is 2.36. The molecule has 14 heavy (non-hydrogen) atoms. The van der Waals surface area contributed by atoms with Gasteiger partial charge in [0.25, 0.3) is 6.47 Å². The normalized spacial score (nSPS) is 19.3. The molecule has 0 saturated heterocycles. The molecule has 1 heterocycles. The van der Waals surface area contributed by atoms with Gasteiger partial charge in [-0.25, -0.2) is 0 Å². The quantitative estimate of drug-likeness (QED) is 0.679. The molecule has 0 amide bonds. The van der Waals surface area contributed by atoms with Gasteiger partial charge in [-0.05, 0) is 18.1 Å². The molecule has 74 valence electrons. The van der Waals surface area contributed by atoms with Crippen molar-refractivity contribution in [2.24, 2.45) is 5.92 Å². The number of hydrogen-bond acceptors (Lipinski definition) is 3. The topological polar surface area (TPSA) is 35.5 Å². The zero-order valence-corrected chi connectivity index (χ0v) is 7.81. The minimum Gasteiger partial charge on any atom is -0.493 e. The van der Waals surface area contributed by atoms with Crippen molar-refractivity contribution in [3.63, 3.8) is 0 Å². The highest BCUT2D eigenvalue weighted by molar-refractivity contribution is 5.37. The smallest absolute Gasteiger partial charge is 0.293 e. The molecule has 3 nitrogen and oxygen atoms in total. The van der Waals surface area contributed by atoms with E-state index in [0.29, 0.717) is 19.7 Å². The predicted molar refractivity (Wildman–Crippen MR) is 51.1 cm³/mol. The second kappa shape index (κ2) is 4.13. The van der Waals surface area contributed by atoms with Crippen LogP contribution >= 0.6 is 0 Å². The Balaban J connectivity index is 2.02. The third-order valence-corrected chi connectivity index (χ3v) is 2.36.